The SMILES string of the molecule is C=C[C@H]1[C@H](O[C@@H]2O[C@H](CO)[C@@H](O)C(O)(O)[C@H]2OC(C)C)OC=C(C(=O)OC)[C@H]1/C=C/C1=CN(CCO)CC(C(=O)O)=C1NC(N)=NC. The first-order chi connectivity index (χ1) is 22.2. The number of nitrogens with zero attached hydrogens (tertiary/aromatic N) is 2. The summed E-state index contributed by atoms with van der Waals surface area (Å²) < 4.78 is 28.1. The molecule has 3 rings (SSSR count). The van der Waals surface area contributed by atoms with E-state index in [2.05, 4.69) is 16.9 Å². The third-order valence-electron chi connectivity index (χ3n) is 7.64. The number of aliphatic hydroxyl groups is 5. The van der Waals surface area contributed by atoms with Gasteiger partial charge in [-0.05, 0) is 13.8 Å². The van der Waals surface area contributed by atoms with Crippen LogP contribution in [0.1, 0.15) is 13.8 Å². The average molecular weight is 669 g/mol. The van der Waals surface area contributed by atoms with Crippen LogP contribution in [0.15, 0.2) is 64.7 Å². The molecule has 0 spiro atoms. The van der Waals surface area contributed by atoms with Crippen LogP contribution in [0, 0.1) is 11.8 Å². The fourth-order valence-electron chi connectivity index (χ4n) is 5.27. The van der Waals surface area contributed by atoms with Gasteiger partial charge >= 0.3 is 11.9 Å². The molecular formula is C30H44N4O13. The van der Waals surface area contributed by atoms with Crippen molar-refractivity contribution in [3.63, 3.8) is 0 Å². The molecule has 0 saturated carbocycles. The Labute approximate surface area is 271 Å². The van der Waals surface area contributed by atoms with Crippen LogP contribution in [-0.4, -0.2) is 137 Å². The fraction of sp³-hybridized carbons (Fsp3) is 0.567. The van der Waals surface area contributed by atoms with Crippen molar-refractivity contribution in [1.82, 2.24) is 10.2 Å². The molecule has 0 aliphatic carbocycles. The smallest absolute Gasteiger partial charge is 0.337 e. The summed E-state index contributed by atoms with van der Waals surface area (Å²) in [4.78, 5) is 30.5. The molecule has 1 saturated heterocycles. The first-order valence-corrected chi connectivity index (χ1v) is 14.7. The highest BCUT2D eigenvalue weighted by Gasteiger charge is 2.57. The topological polar surface area (TPSA) is 255 Å². The number of β-amino-alcohol motifs (C(OH)–C–C–N with tert-alkyl or cyclic N) is 1. The number of ether oxygens (including phenoxy) is 5. The van der Waals surface area contributed by atoms with Crippen LogP contribution in [0.2, 0.25) is 0 Å². The van der Waals surface area contributed by atoms with Gasteiger partial charge in [-0.1, -0.05) is 18.2 Å². The number of carbonyl (C=O) groups is 2. The summed E-state index contributed by atoms with van der Waals surface area (Å²) >= 11 is 0. The molecule has 17 nitrogen and oxygen atoms in total. The molecule has 262 valence electrons. The minimum Gasteiger partial charge on any atom is -0.478 e. The van der Waals surface area contributed by atoms with Crippen molar-refractivity contribution < 1.29 is 63.9 Å². The highest BCUT2D eigenvalue weighted by atomic mass is 16.8. The van der Waals surface area contributed by atoms with Crippen molar-refractivity contribution >= 4 is 17.9 Å². The van der Waals surface area contributed by atoms with Gasteiger partial charge < -0.3 is 70.3 Å². The number of nitrogens with two attached hydrogens (primary N) is 1. The lowest BCUT2D eigenvalue weighted by molar-refractivity contribution is -0.413. The minimum atomic E-state index is -2.90. The second-order valence-electron chi connectivity index (χ2n) is 11.1. The number of nitrogens with one attached hydrogen (secondary N) is 1. The van der Waals surface area contributed by atoms with E-state index in [1.54, 1.807) is 31.0 Å². The largest absolute Gasteiger partial charge is 0.478 e. The van der Waals surface area contributed by atoms with E-state index in [-0.39, 0.29) is 42.5 Å². The van der Waals surface area contributed by atoms with E-state index in [0.29, 0.717) is 5.57 Å². The Morgan fingerprint density at radius 2 is 2.00 bits per heavy atom. The molecular weight excluding hydrogens is 624 g/mol. The predicted octanol–water partition coefficient (Wildman–Crippen LogP) is -1.99. The van der Waals surface area contributed by atoms with Gasteiger partial charge in [-0.15, -0.1) is 6.58 Å². The number of hydrogen-bond donors (Lipinski definition) is 8. The van der Waals surface area contributed by atoms with Crippen LogP contribution in [-0.2, 0) is 33.3 Å². The zero-order valence-electron chi connectivity index (χ0n) is 26.6. The third-order valence-corrected chi connectivity index (χ3v) is 7.64. The highest BCUT2D eigenvalue weighted by Crippen LogP contribution is 2.38. The first kappa shape index (κ1) is 37.6. The van der Waals surface area contributed by atoms with E-state index in [9.17, 15) is 40.2 Å². The number of hydrogen-bond acceptors (Lipinski definition) is 14. The molecule has 0 aromatic rings. The first-order valence-electron chi connectivity index (χ1n) is 14.7. The van der Waals surface area contributed by atoms with Crippen molar-refractivity contribution in [1.29, 1.82) is 0 Å². The Kier molecular flexibility index (Phi) is 13.1. The molecule has 7 atom stereocenters. The lowest BCUT2D eigenvalue weighted by Crippen LogP contribution is -2.69. The van der Waals surface area contributed by atoms with Gasteiger partial charge in [-0.25, -0.2) is 9.59 Å². The van der Waals surface area contributed by atoms with Gasteiger partial charge in [0.25, 0.3) is 0 Å². The molecule has 0 amide bonds. The molecule has 3 heterocycles. The van der Waals surface area contributed by atoms with Gasteiger partial charge in [-0.2, -0.15) is 0 Å². The number of carboxylic acids is 1. The number of methoxy groups -OCH3 is 1. The van der Waals surface area contributed by atoms with E-state index >= 15 is 0 Å². The predicted molar refractivity (Wildman–Crippen MR) is 163 cm³/mol. The molecule has 47 heavy (non-hydrogen) atoms. The van der Waals surface area contributed by atoms with Crippen LogP contribution >= 0.6 is 0 Å². The summed E-state index contributed by atoms with van der Waals surface area (Å²) in [5.74, 6) is -6.74. The minimum absolute atomic E-state index is 0.0329. The van der Waals surface area contributed by atoms with E-state index in [1.165, 1.54) is 26.3 Å². The van der Waals surface area contributed by atoms with Crippen molar-refractivity contribution in [2.24, 2.45) is 22.6 Å². The molecule has 3 aliphatic heterocycles. The summed E-state index contributed by atoms with van der Waals surface area (Å²) in [6.45, 7) is 6.12. The number of allylic oxidation sites excluding steroid dienone is 2. The third kappa shape index (κ3) is 8.57. The van der Waals surface area contributed by atoms with E-state index in [1.807, 2.05) is 0 Å². The Morgan fingerprint density at radius 3 is 2.55 bits per heavy atom. The van der Waals surface area contributed by atoms with E-state index < -0.39 is 73.2 Å². The maximum atomic E-state index is 12.9. The van der Waals surface area contributed by atoms with E-state index in [0.717, 1.165) is 6.26 Å². The molecule has 0 aromatic carbocycles. The number of guanidine groups is 1. The summed E-state index contributed by atoms with van der Waals surface area (Å²) in [6, 6.07) is 0. The van der Waals surface area contributed by atoms with Crippen molar-refractivity contribution in [3.8, 4) is 0 Å². The summed E-state index contributed by atoms with van der Waals surface area (Å²) in [6.07, 6.45) is -1.34. The lowest BCUT2D eigenvalue weighted by atomic mass is 9.83. The molecule has 0 unspecified atom stereocenters. The van der Waals surface area contributed by atoms with Gasteiger partial charge in [0.1, 0.15) is 12.2 Å². The Morgan fingerprint density at radius 1 is 1.30 bits per heavy atom. The Hall–Kier alpha value is -3.81. The number of carboxylic acid groups (broad SMARTS) is 1. The molecule has 0 bridgehead atoms. The van der Waals surface area contributed by atoms with Gasteiger partial charge in [0.2, 0.25) is 12.1 Å². The number of carbonyl (C=O) groups excluding carboxylic acids is 1. The number of aliphatic imine (C=N–C) groups is 1. The van der Waals surface area contributed by atoms with Crippen LogP contribution in [0.3, 0.4) is 0 Å². The Bertz CT molecular complexity index is 1310. The van der Waals surface area contributed by atoms with Crippen LogP contribution in [0.5, 0.6) is 0 Å². The van der Waals surface area contributed by atoms with Crippen LogP contribution < -0.4 is 11.1 Å². The normalized spacial score (nSPS) is 29.7. The maximum Gasteiger partial charge on any atom is 0.337 e. The molecule has 17 heteroatoms. The van der Waals surface area contributed by atoms with Crippen molar-refractivity contribution in [2.75, 3.05) is 40.5 Å². The number of aliphatic hydroxyl groups excluding tert-OH is 3. The number of rotatable bonds is 13. The van der Waals surface area contributed by atoms with Gasteiger partial charge in [0, 0.05) is 31.3 Å². The average Bonchev–Trinajstić information content (AvgIpc) is 3.03. The standard InChI is InChI=1S/C30H44N4O13/c1-6-17-18(8-7-16-11-34(9-10-35)12-19(25(38)39)22(16)33-29(31)32-4)20(26(40)43-5)14-44-27(17)47-28-24(45-15(2)3)30(41,42)23(37)21(13-36)46-28/h6-8,11,14-15,17-18,21,23-24,27-28,35-37,41-42H,1,9-10,12-13H2,2-5H3,(H,38,39)(H3,31,32,33)/b8-7+/t17-,18+,21-,23-,24+,27+,28+/m1/s1. The lowest BCUT2D eigenvalue weighted by Gasteiger charge is -2.48. The molecule has 0 aromatic heterocycles. The summed E-state index contributed by atoms with van der Waals surface area (Å²) in [5.41, 5.74) is 6.30. The molecule has 9 N–H and O–H groups in total. The summed E-state index contributed by atoms with van der Waals surface area (Å²) in [7, 11) is 2.59. The molecule has 0 radical (unpaired) electrons. The highest BCUT2D eigenvalue weighted by molar-refractivity contribution is 5.92. The van der Waals surface area contributed by atoms with Crippen molar-refractivity contribution in [3.05, 3.63) is 59.7 Å². The Balaban J connectivity index is 2.06. The summed E-state index contributed by atoms with van der Waals surface area (Å²) in [5, 5.41) is 64.1. The monoisotopic (exact) mass is 668 g/mol. The fourth-order valence-corrected chi connectivity index (χ4v) is 5.27. The van der Waals surface area contributed by atoms with Crippen LogP contribution in [0.25, 0.3) is 0 Å². The quantitative estimate of drug-likeness (QED) is 0.0347. The second-order valence-corrected chi connectivity index (χ2v) is 11.1. The zero-order chi connectivity index (χ0) is 35.1. The van der Waals surface area contributed by atoms with Gasteiger partial charge in [-0.3, -0.25) is 4.99 Å². The number of esters is 1. The van der Waals surface area contributed by atoms with Gasteiger partial charge in [0.05, 0.1) is 62.0 Å². The second kappa shape index (κ2) is 16.3. The van der Waals surface area contributed by atoms with Crippen LogP contribution in [0.4, 0.5) is 0 Å². The molecule has 1 fully saturated rings. The maximum absolute atomic E-state index is 12.9. The van der Waals surface area contributed by atoms with E-state index in [4.69, 9.17) is 29.4 Å². The van der Waals surface area contributed by atoms with Gasteiger partial charge in [0.15, 0.2) is 18.4 Å². The molecule has 3 aliphatic rings. The number of aliphatic carboxylic acids is 1. The van der Waals surface area contributed by atoms with Crippen molar-refractivity contribution in [2.45, 2.75) is 56.6 Å². The zero-order valence-corrected chi connectivity index (χ0v) is 26.6.